The van der Waals surface area contributed by atoms with Gasteiger partial charge < -0.3 is 4.74 Å². The summed E-state index contributed by atoms with van der Waals surface area (Å²) >= 11 is 5.73. The molecule has 0 radical (unpaired) electrons. The lowest BCUT2D eigenvalue weighted by Crippen LogP contribution is -2.50. The number of halogens is 1. The fraction of sp³-hybridized carbons (Fsp3) is 0.900. The van der Waals surface area contributed by atoms with Gasteiger partial charge in [-0.05, 0) is 85.9 Å². The minimum atomic E-state index is -0.122. The van der Waals surface area contributed by atoms with E-state index in [4.69, 9.17) is 16.3 Å². The van der Waals surface area contributed by atoms with Crippen LogP contribution in [0.2, 0.25) is 0 Å². The molecule has 0 aromatic rings. The fourth-order valence-electron chi connectivity index (χ4n) is 8.80. The monoisotopic (exact) mass is 476 g/mol. The van der Waals surface area contributed by atoms with Gasteiger partial charge in [-0.25, -0.2) is 0 Å². The van der Waals surface area contributed by atoms with Gasteiger partial charge >= 0.3 is 5.97 Å². The fourth-order valence-corrected chi connectivity index (χ4v) is 8.96. The van der Waals surface area contributed by atoms with Gasteiger partial charge in [0.05, 0.1) is 6.42 Å². The van der Waals surface area contributed by atoms with Gasteiger partial charge in [0.15, 0.2) is 0 Å². The van der Waals surface area contributed by atoms with E-state index in [0.717, 1.165) is 36.5 Å². The summed E-state index contributed by atoms with van der Waals surface area (Å²) in [5, 5.41) is 0. The maximum absolute atomic E-state index is 12.0. The zero-order chi connectivity index (χ0) is 23.5. The molecule has 2 nitrogen and oxygen atoms in total. The molecule has 0 saturated heterocycles. The Morgan fingerprint density at radius 1 is 1.03 bits per heavy atom. The molecule has 0 heterocycles. The number of carbonyl (C=O) groups excluding carboxylic acids is 1. The van der Waals surface area contributed by atoms with Gasteiger partial charge in [0.25, 0.3) is 0 Å². The highest BCUT2D eigenvalue weighted by atomic mass is 35.5. The van der Waals surface area contributed by atoms with Gasteiger partial charge in [0.2, 0.25) is 0 Å². The van der Waals surface area contributed by atoms with Gasteiger partial charge in [0, 0.05) is 12.3 Å². The van der Waals surface area contributed by atoms with E-state index in [1.807, 2.05) is 0 Å². The number of rotatable bonds is 10. The van der Waals surface area contributed by atoms with Crippen molar-refractivity contribution in [2.45, 2.75) is 130 Å². The van der Waals surface area contributed by atoms with Gasteiger partial charge in [-0.1, -0.05) is 70.9 Å². The standard InChI is InChI=1S/C30H49ClO2/c1-4-5-6-7-8-9-10-22-12-14-26-25-13-11-23-21-24(33-28(32)17-20-31)15-18-30(23,3)27(25)16-19-29(22,26)2/h11,22,24-27H,4-10,12-21H2,1-3H3/t22-,24-,25-,26-,27-,29+,30-/m0/s1. The van der Waals surface area contributed by atoms with Crippen molar-refractivity contribution in [2.24, 2.45) is 34.5 Å². The largest absolute Gasteiger partial charge is 0.462 e. The Hall–Kier alpha value is -0.500. The Bertz CT molecular complexity index is 701. The Morgan fingerprint density at radius 2 is 1.82 bits per heavy atom. The van der Waals surface area contributed by atoms with Crippen LogP contribution in [0.3, 0.4) is 0 Å². The van der Waals surface area contributed by atoms with E-state index in [1.165, 1.54) is 83.5 Å². The number of hydrogen-bond acceptors (Lipinski definition) is 2. The SMILES string of the molecule is CCCCCCCC[C@H]1CC[C@H]2[C@@H]3CC=C4C[C@@H](OC(=O)CCCl)CC[C@]4(C)[C@H]3CC[C@]12C. The normalized spacial score (nSPS) is 39.9. The molecule has 0 aliphatic heterocycles. The quantitative estimate of drug-likeness (QED) is 0.136. The predicted octanol–water partition coefficient (Wildman–Crippen LogP) is 8.86. The summed E-state index contributed by atoms with van der Waals surface area (Å²) in [5.74, 6) is 3.84. The van der Waals surface area contributed by atoms with E-state index in [-0.39, 0.29) is 12.1 Å². The molecule has 0 unspecified atom stereocenters. The third kappa shape index (κ3) is 5.22. The molecule has 3 heteroatoms. The Labute approximate surface area is 208 Å². The number of ether oxygens (including phenoxy) is 1. The predicted molar refractivity (Wildman–Crippen MR) is 138 cm³/mol. The number of unbranched alkanes of at least 4 members (excludes halogenated alkanes) is 5. The van der Waals surface area contributed by atoms with E-state index >= 15 is 0 Å². The second-order valence-corrected chi connectivity index (χ2v) is 12.8. The maximum atomic E-state index is 12.0. The van der Waals surface area contributed by atoms with Gasteiger partial charge in [-0.2, -0.15) is 0 Å². The summed E-state index contributed by atoms with van der Waals surface area (Å²) in [4.78, 5) is 12.0. The molecule has 4 aliphatic carbocycles. The van der Waals surface area contributed by atoms with Crippen LogP contribution < -0.4 is 0 Å². The highest BCUT2D eigenvalue weighted by Crippen LogP contribution is 2.66. The second kappa shape index (κ2) is 11.0. The average molecular weight is 477 g/mol. The van der Waals surface area contributed by atoms with Crippen LogP contribution in [-0.4, -0.2) is 18.0 Å². The van der Waals surface area contributed by atoms with Crippen LogP contribution in [0, 0.1) is 34.5 Å². The van der Waals surface area contributed by atoms with Crippen LogP contribution >= 0.6 is 11.6 Å². The molecule has 0 amide bonds. The maximum Gasteiger partial charge on any atom is 0.307 e. The first-order chi connectivity index (χ1) is 15.9. The van der Waals surface area contributed by atoms with Crippen molar-refractivity contribution in [1.82, 2.24) is 0 Å². The minimum Gasteiger partial charge on any atom is -0.462 e. The zero-order valence-electron chi connectivity index (χ0n) is 21.7. The molecule has 0 aromatic heterocycles. The first-order valence-corrected chi connectivity index (χ1v) is 14.9. The summed E-state index contributed by atoms with van der Waals surface area (Å²) < 4.78 is 5.77. The molecule has 0 aromatic carbocycles. The van der Waals surface area contributed by atoms with Crippen molar-refractivity contribution in [3.8, 4) is 0 Å². The summed E-state index contributed by atoms with van der Waals surface area (Å²) in [6, 6.07) is 0. The Morgan fingerprint density at radius 3 is 2.61 bits per heavy atom. The molecule has 3 saturated carbocycles. The Kier molecular flexibility index (Phi) is 8.57. The van der Waals surface area contributed by atoms with Crippen molar-refractivity contribution in [1.29, 1.82) is 0 Å². The first-order valence-electron chi connectivity index (χ1n) is 14.4. The molecular weight excluding hydrogens is 428 g/mol. The van der Waals surface area contributed by atoms with E-state index in [2.05, 4.69) is 26.8 Å². The lowest BCUT2D eigenvalue weighted by Gasteiger charge is -2.58. The van der Waals surface area contributed by atoms with Crippen molar-refractivity contribution in [2.75, 3.05) is 5.88 Å². The van der Waals surface area contributed by atoms with Crippen molar-refractivity contribution in [3.63, 3.8) is 0 Å². The van der Waals surface area contributed by atoms with E-state index in [1.54, 1.807) is 5.57 Å². The van der Waals surface area contributed by atoms with Crippen LogP contribution in [0.4, 0.5) is 0 Å². The van der Waals surface area contributed by atoms with Crippen molar-refractivity contribution >= 4 is 17.6 Å². The third-order valence-electron chi connectivity index (χ3n) is 10.8. The topological polar surface area (TPSA) is 26.3 Å². The molecule has 0 bridgehead atoms. The molecule has 0 spiro atoms. The molecule has 188 valence electrons. The third-order valence-corrected chi connectivity index (χ3v) is 10.9. The van der Waals surface area contributed by atoms with Gasteiger partial charge in [-0.15, -0.1) is 11.6 Å². The molecule has 0 N–H and O–H groups in total. The number of hydrogen-bond donors (Lipinski definition) is 0. The van der Waals surface area contributed by atoms with E-state index in [9.17, 15) is 4.79 Å². The highest BCUT2D eigenvalue weighted by Gasteiger charge is 2.58. The average Bonchev–Trinajstić information content (AvgIpc) is 3.13. The molecule has 3 fully saturated rings. The van der Waals surface area contributed by atoms with Crippen LogP contribution in [0.25, 0.3) is 0 Å². The van der Waals surface area contributed by atoms with Gasteiger partial charge in [0.1, 0.15) is 6.10 Å². The smallest absolute Gasteiger partial charge is 0.307 e. The van der Waals surface area contributed by atoms with Crippen LogP contribution in [0.15, 0.2) is 11.6 Å². The molecule has 4 aliphatic rings. The van der Waals surface area contributed by atoms with Crippen LogP contribution in [-0.2, 0) is 9.53 Å². The molecule has 7 atom stereocenters. The number of esters is 1. The van der Waals surface area contributed by atoms with Crippen LogP contribution in [0.5, 0.6) is 0 Å². The minimum absolute atomic E-state index is 0.0682. The van der Waals surface area contributed by atoms with E-state index in [0.29, 0.717) is 23.1 Å². The number of allylic oxidation sites excluding steroid dienone is 1. The number of fused-ring (bicyclic) bond motifs is 5. The zero-order valence-corrected chi connectivity index (χ0v) is 22.4. The number of carbonyl (C=O) groups is 1. The Balaban J connectivity index is 1.37. The first kappa shape index (κ1) is 25.6. The summed E-state index contributed by atoms with van der Waals surface area (Å²) in [6.45, 7) is 7.54. The van der Waals surface area contributed by atoms with E-state index < -0.39 is 0 Å². The van der Waals surface area contributed by atoms with Gasteiger partial charge in [-0.3, -0.25) is 4.79 Å². The summed E-state index contributed by atoms with van der Waals surface area (Å²) in [5.41, 5.74) is 2.52. The second-order valence-electron chi connectivity index (χ2n) is 12.4. The molecular formula is C30H49ClO2. The molecule has 33 heavy (non-hydrogen) atoms. The summed E-state index contributed by atoms with van der Waals surface area (Å²) in [7, 11) is 0. The summed E-state index contributed by atoms with van der Waals surface area (Å²) in [6.07, 6.45) is 23.2. The molecule has 4 rings (SSSR count). The van der Waals surface area contributed by atoms with Crippen molar-refractivity contribution < 1.29 is 9.53 Å². The number of alkyl halides is 1. The lowest BCUT2D eigenvalue weighted by molar-refractivity contribution is -0.151. The van der Waals surface area contributed by atoms with Crippen LogP contribution in [0.1, 0.15) is 124 Å². The highest BCUT2D eigenvalue weighted by molar-refractivity contribution is 6.18. The van der Waals surface area contributed by atoms with Crippen molar-refractivity contribution in [3.05, 3.63) is 11.6 Å². The lowest BCUT2D eigenvalue weighted by atomic mass is 9.47.